The fraction of sp³-hybridized carbons (Fsp3) is 0.278. The molecular formula is C18H21FN2O3S2. The zero-order chi connectivity index (χ0) is 19.3. The summed E-state index contributed by atoms with van der Waals surface area (Å²) in [6.07, 6.45) is 1.99. The summed E-state index contributed by atoms with van der Waals surface area (Å²) in [7, 11) is -2.29. The SMILES string of the molecule is CSc1ccc(CN(C)C(=O)[C@H](C)NS(=O)(=O)c2ccc(F)cc2)cc1. The summed E-state index contributed by atoms with van der Waals surface area (Å²) in [5.41, 5.74) is 0.951. The molecule has 0 heterocycles. The fourth-order valence-corrected chi connectivity index (χ4v) is 3.98. The molecule has 140 valence electrons. The summed E-state index contributed by atoms with van der Waals surface area (Å²) in [6.45, 7) is 1.85. The van der Waals surface area contributed by atoms with Crippen LogP contribution in [0.25, 0.3) is 0 Å². The van der Waals surface area contributed by atoms with Crippen LogP contribution in [0.5, 0.6) is 0 Å². The van der Waals surface area contributed by atoms with Crippen molar-refractivity contribution in [2.45, 2.75) is 29.3 Å². The van der Waals surface area contributed by atoms with Gasteiger partial charge in [-0.1, -0.05) is 12.1 Å². The van der Waals surface area contributed by atoms with E-state index in [1.807, 2.05) is 30.5 Å². The lowest BCUT2D eigenvalue weighted by atomic mass is 10.2. The number of hydrogen-bond acceptors (Lipinski definition) is 4. The van der Waals surface area contributed by atoms with Crippen molar-refractivity contribution in [2.75, 3.05) is 13.3 Å². The molecule has 0 radical (unpaired) electrons. The van der Waals surface area contributed by atoms with Crippen molar-refractivity contribution in [3.05, 3.63) is 59.9 Å². The van der Waals surface area contributed by atoms with E-state index >= 15 is 0 Å². The predicted octanol–water partition coefficient (Wildman–Crippen LogP) is 2.87. The lowest BCUT2D eigenvalue weighted by Crippen LogP contribution is -2.45. The van der Waals surface area contributed by atoms with E-state index in [-0.39, 0.29) is 10.8 Å². The van der Waals surface area contributed by atoms with E-state index in [1.54, 1.807) is 18.8 Å². The van der Waals surface area contributed by atoms with Crippen molar-refractivity contribution < 1.29 is 17.6 Å². The molecule has 1 amide bonds. The van der Waals surface area contributed by atoms with Crippen LogP contribution in [-0.4, -0.2) is 38.6 Å². The van der Waals surface area contributed by atoms with Gasteiger partial charge in [-0.05, 0) is 55.1 Å². The summed E-state index contributed by atoms with van der Waals surface area (Å²) >= 11 is 1.63. The summed E-state index contributed by atoms with van der Waals surface area (Å²) in [5, 5.41) is 0. The third-order valence-corrected chi connectivity index (χ3v) is 6.08. The average molecular weight is 397 g/mol. The first-order valence-electron chi connectivity index (χ1n) is 7.89. The number of likely N-dealkylation sites (N-methyl/N-ethyl adjacent to an activating group) is 1. The lowest BCUT2D eigenvalue weighted by molar-refractivity contribution is -0.131. The summed E-state index contributed by atoms with van der Waals surface area (Å²) < 4.78 is 39.9. The molecule has 0 aliphatic heterocycles. The molecule has 1 atom stereocenters. The van der Waals surface area contributed by atoms with Gasteiger partial charge in [-0.2, -0.15) is 4.72 Å². The maximum atomic E-state index is 12.9. The Morgan fingerprint density at radius 3 is 2.27 bits per heavy atom. The van der Waals surface area contributed by atoms with E-state index in [0.717, 1.165) is 34.7 Å². The van der Waals surface area contributed by atoms with E-state index in [9.17, 15) is 17.6 Å². The fourth-order valence-electron chi connectivity index (χ4n) is 2.38. The number of hydrogen-bond donors (Lipinski definition) is 1. The minimum atomic E-state index is -3.90. The molecule has 0 saturated carbocycles. The number of rotatable bonds is 7. The van der Waals surface area contributed by atoms with Crippen molar-refractivity contribution in [3.63, 3.8) is 0 Å². The van der Waals surface area contributed by atoms with Gasteiger partial charge in [-0.3, -0.25) is 4.79 Å². The number of carbonyl (C=O) groups excluding carboxylic acids is 1. The molecular weight excluding hydrogens is 375 g/mol. The number of nitrogens with zero attached hydrogens (tertiary/aromatic N) is 1. The van der Waals surface area contributed by atoms with Crippen molar-refractivity contribution in [2.24, 2.45) is 0 Å². The number of nitrogens with one attached hydrogen (secondary N) is 1. The van der Waals surface area contributed by atoms with Gasteiger partial charge in [0.1, 0.15) is 5.82 Å². The van der Waals surface area contributed by atoms with E-state index in [2.05, 4.69) is 4.72 Å². The molecule has 0 aliphatic carbocycles. The second kappa shape index (κ2) is 8.66. The number of sulfonamides is 1. The van der Waals surface area contributed by atoms with Gasteiger partial charge in [0, 0.05) is 18.5 Å². The van der Waals surface area contributed by atoms with Crippen LogP contribution in [0.1, 0.15) is 12.5 Å². The Kier molecular flexibility index (Phi) is 6.80. The van der Waals surface area contributed by atoms with Gasteiger partial charge in [0.05, 0.1) is 10.9 Å². The molecule has 0 aromatic heterocycles. The number of carbonyl (C=O) groups is 1. The highest BCUT2D eigenvalue weighted by atomic mass is 32.2. The lowest BCUT2D eigenvalue weighted by Gasteiger charge is -2.22. The highest BCUT2D eigenvalue weighted by Crippen LogP contribution is 2.16. The zero-order valence-electron chi connectivity index (χ0n) is 14.8. The van der Waals surface area contributed by atoms with Crippen LogP contribution in [0.2, 0.25) is 0 Å². The highest BCUT2D eigenvalue weighted by molar-refractivity contribution is 7.98. The Morgan fingerprint density at radius 1 is 1.15 bits per heavy atom. The first-order valence-corrected chi connectivity index (χ1v) is 10.6. The van der Waals surface area contributed by atoms with Crippen LogP contribution in [0.3, 0.4) is 0 Å². The molecule has 2 aromatic carbocycles. The van der Waals surface area contributed by atoms with Gasteiger partial charge in [0.2, 0.25) is 15.9 Å². The van der Waals surface area contributed by atoms with Gasteiger partial charge in [0.25, 0.3) is 0 Å². The Morgan fingerprint density at radius 2 is 1.73 bits per heavy atom. The molecule has 0 fully saturated rings. The third kappa shape index (κ3) is 5.30. The van der Waals surface area contributed by atoms with E-state index in [4.69, 9.17) is 0 Å². The Hall–Kier alpha value is -1.90. The van der Waals surface area contributed by atoms with Gasteiger partial charge in [-0.15, -0.1) is 11.8 Å². The topological polar surface area (TPSA) is 66.5 Å². The molecule has 2 aromatic rings. The quantitative estimate of drug-likeness (QED) is 0.731. The average Bonchev–Trinajstić information content (AvgIpc) is 2.61. The van der Waals surface area contributed by atoms with Crippen LogP contribution in [0.4, 0.5) is 4.39 Å². The van der Waals surface area contributed by atoms with E-state index in [0.29, 0.717) is 6.54 Å². The van der Waals surface area contributed by atoms with Crippen molar-refractivity contribution in [3.8, 4) is 0 Å². The number of benzene rings is 2. The Labute approximate surface area is 157 Å². The summed E-state index contributed by atoms with van der Waals surface area (Å²) in [6, 6.07) is 11.3. The molecule has 0 unspecified atom stereocenters. The largest absolute Gasteiger partial charge is 0.340 e. The molecule has 0 spiro atoms. The monoisotopic (exact) mass is 396 g/mol. The molecule has 2 rings (SSSR count). The van der Waals surface area contributed by atoms with Gasteiger partial charge in [-0.25, -0.2) is 12.8 Å². The minimum Gasteiger partial charge on any atom is -0.340 e. The molecule has 1 N–H and O–H groups in total. The molecule has 26 heavy (non-hydrogen) atoms. The molecule has 0 saturated heterocycles. The number of amides is 1. The van der Waals surface area contributed by atoms with Crippen molar-refractivity contribution in [1.29, 1.82) is 0 Å². The second-order valence-corrected chi connectivity index (χ2v) is 8.43. The Balaban J connectivity index is 2.02. The summed E-state index contributed by atoms with van der Waals surface area (Å²) in [4.78, 5) is 15.0. The van der Waals surface area contributed by atoms with Gasteiger partial charge >= 0.3 is 0 Å². The molecule has 5 nitrogen and oxygen atoms in total. The van der Waals surface area contributed by atoms with Crippen LogP contribution >= 0.6 is 11.8 Å². The molecule has 0 bridgehead atoms. The maximum Gasteiger partial charge on any atom is 0.241 e. The van der Waals surface area contributed by atoms with Crippen LogP contribution < -0.4 is 4.72 Å². The predicted molar refractivity (Wildman–Crippen MR) is 101 cm³/mol. The minimum absolute atomic E-state index is 0.0890. The molecule has 8 heteroatoms. The normalized spacial score (nSPS) is 12.6. The van der Waals surface area contributed by atoms with Crippen LogP contribution in [0, 0.1) is 5.82 Å². The second-order valence-electron chi connectivity index (χ2n) is 5.84. The highest BCUT2D eigenvalue weighted by Gasteiger charge is 2.24. The zero-order valence-corrected chi connectivity index (χ0v) is 16.4. The van der Waals surface area contributed by atoms with Gasteiger partial charge in [0.15, 0.2) is 0 Å². The van der Waals surface area contributed by atoms with E-state index < -0.39 is 21.9 Å². The van der Waals surface area contributed by atoms with Gasteiger partial charge < -0.3 is 4.90 Å². The van der Waals surface area contributed by atoms with E-state index in [1.165, 1.54) is 11.8 Å². The van der Waals surface area contributed by atoms with Crippen LogP contribution in [-0.2, 0) is 21.4 Å². The Bertz CT molecular complexity index is 853. The molecule has 0 aliphatic rings. The number of halogens is 1. The number of thioether (sulfide) groups is 1. The van der Waals surface area contributed by atoms with Crippen molar-refractivity contribution in [1.82, 2.24) is 9.62 Å². The summed E-state index contributed by atoms with van der Waals surface area (Å²) in [5.74, 6) is -0.884. The van der Waals surface area contributed by atoms with Crippen LogP contribution in [0.15, 0.2) is 58.3 Å². The smallest absolute Gasteiger partial charge is 0.241 e. The third-order valence-electron chi connectivity index (χ3n) is 3.78. The first-order chi connectivity index (χ1) is 12.2. The first kappa shape index (κ1) is 20.4. The van der Waals surface area contributed by atoms with Crippen molar-refractivity contribution >= 4 is 27.7 Å². The standard InChI is InChI=1S/C18H21FN2O3S2/c1-13(20-26(23,24)17-10-6-15(19)7-11-17)18(22)21(2)12-14-4-8-16(25-3)9-5-14/h4-11,13,20H,12H2,1-3H3/t13-/m0/s1. The maximum absolute atomic E-state index is 12.9.